The Labute approximate surface area is 100 Å². The summed E-state index contributed by atoms with van der Waals surface area (Å²) < 4.78 is 5.26. The van der Waals surface area contributed by atoms with Gasteiger partial charge in [0.15, 0.2) is 0 Å². The van der Waals surface area contributed by atoms with Crippen LogP contribution in [0.15, 0.2) is 0 Å². The Kier molecular flexibility index (Phi) is 5.26. The van der Waals surface area contributed by atoms with E-state index in [1.54, 1.807) is 7.11 Å². The van der Waals surface area contributed by atoms with Crippen molar-refractivity contribution in [1.82, 2.24) is 0 Å². The van der Waals surface area contributed by atoms with E-state index in [2.05, 4.69) is 20.8 Å². The molecule has 0 radical (unpaired) electrons. The molecule has 0 spiro atoms. The Hall–Kier alpha value is -0.0800. The lowest BCUT2D eigenvalue weighted by Crippen LogP contribution is -2.50. The van der Waals surface area contributed by atoms with E-state index in [-0.39, 0.29) is 5.92 Å². The van der Waals surface area contributed by atoms with Crippen molar-refractivity contribution >= 4 is 0 Å². The van der Waals surface area contributed by atoms with Gasteiger partial charge in [0.2, 0.25) is 0 Å². The van der Waals surface area contributed by atoms with Crippen LogP contribution in [0.2, 0.25) is 0 Å². The maximum Gasteiger partial charge on any atom is 0.0933 e. The number of methoxy groups -OCH3 is 1. The lowest BCUT2D eigenvalue weighted by Gasteiger charge is -2.45. The van der Waals surface area contributed by atoms with E-state index >= 15 is 0 Å². The van der Waals surface area contributed by atoms with Crippen LogP contribution < -0.4 is 0 Å². The van der Waals surface area contributed by atoms with Gasteiger partial charge in [-0.1, -0.05) is 46.5 Å². The summed E-state index contributed by atoms with van der Waals surface area (Å²) in [6, 6.07) is 0. The van der Waals surface area contributed by atoms with Crippen LogP contribution in [0.5, 0.6) is 0 Å². The van der Waals surface area contributed by atoms with Gasteiger partial charge in [-0.3, -0.25) is 0 Å². The van der Waals surface area contributed by atoms with Gasteiger partial charge in [-0.15, -0.1) is 0 Å². The monoisotopic (exact) mass is 228 g/mol. The highest BCUT2D eigenvalue weighted by Gasteiger charge is 2.43. The largest absolute Gasteiger partial charge is 0.387 e. The second-order valence-electron chi connectivity index (χ2n) is 5.64. The summed E-state index contributed by atoms with van der Waals surface area (Å²) in [7, 11) is 1.69. The molecule has 0 bridgehead atoms. The van der Waals surface area contributed by atoms with Gasteiger partial charge in [-0.2, -0.15) is 0 Å². The third-order valence-electron chi connectivity index (χ3n) is 4.45. The van der Waals surface area contributed by atoms with Crippen LogP contribution in [0.3, 0.4) is 0 Å². The van der Waals surface area contributed by atoms with E-state index in [9.17, 15) is 5.11 Å². The third kappa shape index (κ3) is 2.78. The molecule has 0 aliphatic heterocycles. The Morgan fingerprint density at radius 1 is 1.31 bits per heavy atom. The molecular weight excluding hydrogens is 200 g/mol. The molecule has 1 aliphatic rings. The maximum atomic E-state index is 10.9. The molecule has 2 nitrogen and oxygen atoms in total. The number of rotatable bonds is 5. The molecule has 0 aromatic carbocycles. The summed E-state index contributed by atoms with van der Waals surface area (Å²) in [5, 5.41) is 10.9. The molecule has 0 saturated heterocycles. The smallest absolute Gasteiger partial charge is 0.0933 e. The summed E-state index contributed by atoms with van der Waals surface area (Å²) in [5.74, 6) is 1.37. The second kappa shape index (κ2) is 6.02. The molecule has 2 heteroatoms. The first-order chi connectivity index (χ1) is 7.56. The van der Waals surface area contributed by atoms with Crippen molar-refractivity contribution in [3.8, 4) is 0 Å². The Balaban J connectivity index is 2.82. The van der Waals surface area contributed by atoms with E-state index in [1.165, 1.54) is 25.7 Å². The fraction of sp³-hybridized carbons (Fsp3) is 1.00. The maximum absolute atomic E-state index is 10.9. The fourth-order valence-electron chi connectivity index (χ4n) is 3.29. The van der Waals surface area contributed by atoms with Crippen molar-refractivity contribution < 1.29 is 9.84 Å². The normalized spacial score (nSPS) is 30.4. The molecule has 1 saturated carbocycles. The molecule has 1 rings (SSSR count). The van der Waals surface area contributed by atoms with Gasteiger partial charge in [0.25, 0.3) is 0 Å². The van der Waals surface area contributed by atoms with Gasteiger partial charge in [0, 0.05) is 7.11 Å². The molecule has 0 aromatic heterocycles. The summed E-state index contributed by atoms with van der Waals surface area (Å²) in [6.07, 6.45) is 6.22. The number of ether oxygens (including phenoxy) is 1. The predicted octanol–water partition coefficient (Wildman–Crippen LogP) is 3.24. The Morgan fingerprint density at radius 2 is 1.94 bits per heavy atom. The molecule has 0 aromatic rings. The van der Waals surface area contributed by atoms with Crippen molar-refractivity contribution in [3.05, 3.63) is 0 Å². The van der Waals surface area contributed by atoms with Crippen LogP contribution in [-0.2, 0) is 4.74 Å². The molecule has 96 valence electrons. The average molecular weight is 228 g/mol. The first-order valence-electron chi connectivity index (χ1n) is 6.77. The van der Waals surface area contributed by atoms with Crippen LogP contribution in [-0.4, -0.2) is 24.4 Å². The topological polar surface area (TPSA) is 29.5 Å². The first-order valence-corrected chi connectivity index (χ1v) is 6.77. The van der Waals surface area contributed by atoms with Crippen LogP contribution in [0, 0.1) is 17.8 Å². The highest BCUT2D eigenvalue weighted by Crippen LogP contribution is 2.42. The minimum Gasteiger partial charge on any atom is -0.387 e. The molecule has 3 unspecified atom stereocenters. The fourth-order valence-corrected chi connectivity index (χ4v) is 3.29. The highest BCUT2D eigenvalue weighted by molar-refractivity contribution is 4.94. The van der Waals surface area contributed by atoms with Crippen LogP contribution in [0.1, 0.15) is 52.9 Å². The quantitative estimate of drug-likeness (QED) is 0.783. The zero-order valence-corrected chi connectivity index (χ0v) is 11.3. The molecule has 3 atom stereocenters. The SMILES string of the molecule is CCC1CCCCC1C(O)(COC)C(C)C. The minimum absolute atomic E-state index is 0.268. The summed E-state index contributed by atoms with van der Waals surface area (Å²) >= 11 is 0. The van der Waals surface area contributed by atoms with Crippen LogP contribution >= 0.6 is 0 Å². The summed E-state index contributed by atoms with van der Waals surface area (Å²) in [4.78, 5) is 0. The molecule has 1 fully saturated rings. The van der Waals surface area contributed by atoms with Crippen molar-refractivity contribution in [2.45, 2.75) is 58.5 Å². The molecule has 1 N–H and O–H groups in total. The van der Waals surface area contributed by atoms with E-state index in [1.807, 2.05) is 0 Å². The first kappa shape index (κ1) is 14.0. The minimum atomic E-state index is -0.629. The van der Waals surface area contributed by atoms with Crippen molar-refractivity contribution in [2.24, 2.45) is 17.8 Å². The highest BCUT2D eigenvalue weighted by atomic mass is 16.5. The van der Waals surface area contributed by atoms with E-state index in [0.717, 1.165) is 6.42 Å². The molecule has 0 amide bonds. The van der Waals surface area contributed by atoms with Gasteiger partial charge >= 0.3 is 0 Å². The number of hydrogen-bond donors (Lipinski definition) is 1. The number of aliphatic hydroxyl groups is 1. The van der Waals surface area contributed by atoms with E-state index < -0.39 is 5.60 Å². The third-order valence-corrected chi connectivity index (χ3v) is 4.45. The lowest BCUT2D eigenvalue weighted by molar-refractivity contribution is -0.130. The van der Waals surface area contributed by atoms with E-state index in [4.69, 9.17) is 4.74 Å². The van der Waals surface area contributed by atoms with Crippen molar-refractivity contribution in [3.63, 3.8) is 0 Å². The van der Waals surface area contributed by atoms with Gasteiger partial charge in [0.05, 0.1) is 12.2 Å². The van der Waals surface area contributed by atoms with Gasteiger partial charge < -0.3 is 9.84 Å². The molecular formula is C14H28O2. The van der Waals surface area contributed by atoms with Crippen molar-refractivity contribution in [1.29, 1.82) is 0 Å². The molecule has 16 heavy (non-hydrogen) atoms. The summed E-state index contributed by atoms with van der Waals surface area (Å²) in [6.45, 7) is 6.95. The zero-order chi connectivity index (χ0) is 12.2. The van der Waals surface area contributed by atoms with E-state index in [0.29, 0.717) is 18.4 Å². The zero-order valence-electron chi connectivity index (χ0n) is 11.3. The van der Waals surface area contributed by atoms with Gasteiger partial charge in [-0.05, 0) is 24.2 Å². The second-order valence-corrected chi connectivity index (χ2v) is 5.64. The predicted molar refractivity (Wildman–Crippen MR) is 67.4 cm³/mol. The Bertz CT molecular complexity index is 203. The molecule has 0 heterocycles. The number of hydrogen-bond acceptors (Lipinski definition) is 2. The summed E-state index contributed by atoms with van der Waals surface area (Å²) in [5.41, 5.74) is -0.629. The van der Waals surface area contributed by atoms with Gasteiger partial charge in [0.1, 0.15) is 0 Å². The average Bonchev–Trinajstić information content (AvgIpc) is 2.29. The van der Waals surface area contributed by atoms with Crippen LogP contribution in [0.4, 0.5) is 0 Å². The molecule has 1 aliphatic carbocycles. The lowest BCUT2D eigenvalue weighted by atomic mass is 9.65. The van der Waals surface area contributed by atoms with Crippen LogP contribution in [0.25, 0.3) is 0 Å². The Morgan fingerprint density at radius 3 is 2.44 bits per heavy atom. The standard InChI is InChI=1S/C14H28O2/c1-5-12-8-6-7-9-13(12)14(15,10-16-4)11(2)3/h11-13,15H,5-10H2,1-4H3. The van der Waals surface area contributed by atoms with Gasteiger partial charge in [-0.25, -0.2) is 0 Å². The van der Waals surface area contributed by atoms with Crippen molar-refractivity contribution in [2.75, 3.05) is 13.7 Å².